The maximum Gasteiger partial charge on any atom is 0.338 e. The number of methoxy groups -OCH3 is 1. The molecule has 0 aliphatic heterocycles. The van der Waals surface area contributed by atoms with Crippen molar-refractivity contribution in [1.29, 1.82) is 0 Å². The summed E-state index contributed by atoms with van der Waals surface area (Å²) in [5.41, 5.74) is 2.42. The van der Waals surface area contributed by atoms with Crippen molar-refractivity contribution in [3.63, 3.8) is 0 Å². The maximum atomic E-state index is 11.7. The second-order valence-electron chi connectivity index (χ2n) is 4.12. The lowest BCUT2D eigenvalue weighted by Gasteiger charge is -2.09. The molecule has 5 heteroatoms. The van der Waals surface area contributed by atoms with E-state index in [2.05, 4.69) is 0 Å². The van der Waals surface area contributed by atoms with Gasteiger partial charge in [0.1, 0.15) is 0 Å². The number of carbonyl (C=O) groups is 1. The van der Waals surface area contributed by atoms with E-state index in [1.165, 1.54) is 13.2 Å². The fourth-order valence-electron chi connectivity index (χ4n) is 1.73. The Kier molecular flexibility index (Phi) is 4.20. The topological polar surface area (TPSA) is 69.4 Å². The largest absolute Gasteiger partial charge is 0.465 e. The van der Waals surface area contributed by atoms with E-state index in [0.717, 1.165) is 5.57 Å². The second-order valence-corrected chi connectivity index (χ2v) is 4.12. The van der Waals surface area contributed by atoms with Crippen molar-refractivity contribution in [1.82, 2.24) is 0 Å². The van der Waals surface area contributed by atoms with Crippen molar-refractivity contribution in [3.8, 4) is 0 Å². The average Bonchev–Trinajstić information content (AvgIpc) is 2.28. The van der Waals surface area contributed by atoms with E-state index in [1.54, 1.807) is 32.9 Å². The molecule has 0 radical (unpaired) electrons. The molecule has 1 aromatic rings. The fraction of sp³-hybridized carbons (Fsp3) is 0.308. The van der Waals surface area contributed by atoms with Crippen LogP contribution in [0.15, 0.2) is 23.8 Å². The molecule has 18 heavy (non-hydrogen) atoms. The number of allylic oxidation sites excluding steroid dienone is 1. The van der Waals surface area contributed by atoms with Gasteiger partial charge in [0.25, 0.3) is 5.69 Å². The molecule has 5 nitrogen and oxygen atoms in total. The minimum Gasteiger partial charge on any atom is -0.465 e. The van der Waals surface area contributed by atoms with Crippen LogP contribution in [-0.4, -0.2) is 18.0 Å². The highest BCUT2D eigenvalue weighted by atomic mass is 16.6. The molecule has 0 bridgehead atoms. The standard InChI is InChI=1S/C13H15NO4/c1-8(2)12(13(15)18-4)10-5-6-11(14(16)17)9(3)7-10/h5-7H,1-4H3. The Balaban J connectivity index is 3.34. The Labute approximate surface area is 105 Å². The number of hydrogen-bond donors (Lipinski definition) is 0. The predicted molar refractivity (Wildman–Crippen MR) is 68.1 cm³/mol. The number of benzene rings is 1. The van der Waals surface area contributed by atoms with Crippen molar-refractivity contribution in [2.45, 2.75) is 20.8 Å². The highest BCUT2D eigenvalue weighted by Gasteiger charge is 2.17. The van der Waals surface area contributed by atoms with Gasteiger partial charge in [-0.15, -0.1) is 0 Å². The fourth-order valence-corrected chi connectivity index (χ4v) is 1.73. The van der Waals surface area contributed by atoms with Crippen molar-refractivity contribution < 1.29 is 14.5 Å². The Morgan fingerprint density at radius 3 is 2.33 bits per heavy atom. The van der Waals surface area contributed by atoms with Crippen LogP contribution in [0.2, 0.25) is 0 Å². The lowest BCUT2D eigenvalue weighted by atomic mass is 9.99. The number of esters is 1. The molecule has 0 aliphatic carbocycles. The van der Waals surface area contributed by atoms with Crippen LogP contribution in [0.4, 0.5) is 5.69 Å². The molecule has 96 valence electrons. The zero-order valence-corrected chi connectivity index (χ0v) is 10.8. The van der Waals surface area contributed by atoms with Gasteiger partial charge in [-0.05, 0) is 38.5 Å². The molecule has 0 unspecified atom stereocenters. The molecular weight excluding hydrogens is 234 g/mol. The summed E-state index contributed by atoms with van der Waals surface area (Å²) in [6.45, 7) is 5.23. The molecule has 0 aliphatic rings. The van der Waals surface area contributed by atoms with Crippen LogP contribution >= 0.6 is 0 Å². The predicted octanol–water partition coefficient (Wildman–Crippen LogP) is 2.87. The molecule has 0 atom stereocenters. The third-order valence-corrected chi connectivity index (χ3v) is 2.57. The van der Waals surface area contributed by atoms with Gasteiger partial charge in [-0.2, -0.15) is 0 Å². The first-order valence-corrected chi connectivity index (χ1v) is 5.39. The Morgan fingerprint density at radius 2 is 1.94 bits per heavy atom. The smallest absolute Gasteiger partial charge is 0.338 e. The molecule has 0 amide bonds. The van der Waals surface area contributed by atoms with E-state index in [4.69, 9.17) is 4.74 Å². The lowest BCUT2D eigenvalue weighted by Crippen LogP contribution is -2.06. The number of carbonyl (C=O) groups excluding carboxylic acids is 1. The third-order valence-electron chi connectivity index (χ3n) is 2.57. The van der Waals surface area contributed by atoms with Crippen molar-refractivity contribution in [3.05, 3.63) is 45.0 Å². The number of rotatable bonds is 3. The number of hydrogen-bond acceptors (Lipinski definition) is 4. The van der Waals surface area contributed by atoms with Crippen molar-refractivity contribution in [2.75, 3.05) is 7.11 Å². The monoisotopic (exact) mass is 249 g/mol. The summed E-state index contributed by atoms with van der Waals surface area (Å²) in [5, 5.41) is 10.7. The number of nitro groups is 1. The van der Waals surface area contributed by atoms with Crippen LogP contribution in [0, 0.1) is 17.0 Å². The molecule has 0 spiro atoms. The van der Waals surface area contributed by atoms with E-state index < -0.39 is 10.9 Å². The molecule has 0 aromatic heterocycles. The van der Waals surface area contributed by atoms with Crippen LogP contribution in [0.3, 0.4) is 0 Å². The van der Waals surface area contributed by atoms with E-state index in [0.29, 0.717) is 16.7 Å². The zero-order valence-electron chi connectivity index (χ0n) is 10.8. The summed E-state index contributed by atoms with van der Waals surface area (Å²) in [5.74, 6) is -0.441. The quantitative estimate of drug-likeness (QED) is 0.357. The number of nitrogens with zero attached hydrogens (tertiary/aromatic N) is 1. The van der Waals surface area contributed by atoms with Gasteiger partial charge in [0.2, 0.25) is 0 Å². The normalized spacial score (nSPS) is 9.78. The second kappa shape index (κ2) is 5.44. The lowest BCUT2D eigenvalue weighted by molar-refractivity contribution is -0.385. The minimum absolute atomic E-state index is 0.0386. The summed E-state index contributed by atoms with van der Waals surface area (Å²) in [7, 11) is 1.31. The van der Waals surface area contributed by atoms with Crippen LogP contribution < -0.4 is 0 Å². The molecular formula is C13H15NO4. The number of nitro benzene ring substituents is 1. The van der Waals surface area contributed by atoms with Gasteiger partial charge in [-0.3, -0.25) is 10.1 Å². The highest BCUT2D eigenvalue weighted by Crippen LogP contribution is 2.25. The molecule has 0 saturated heterocycles. The zero-order chi connectivity index (χ0) is 13.9. The first-order chi connectivity index (χ1) is 8.38. The Morgan fingerprint density at radius 1 is 1.33 bits per heavy atom. The molecule has 0 saturated carbocycles. The average molecular weight is 249 g/mol. The van der Waals surface area contributed by atoms with E-state index >= 15 is 0 Å². The summed E-state index contributed by atoms with van der Waals surface area (Å²) >= 11 is 0. The number of ether oxygens (including phenoxy) is 1. The van der Waals surface area contributed by atoms with Gasteiger partial charge >= 0.3 is 5.97 Å². The number of aryl methyl sites for hydroxylation is 1. The maximum absolute atomic E-state index is 11.7. The first-order valence-electron chi connectivity index (χ1n) is 5.39. The van der Waals surface area contributed by atoms with Crippen molar-refractivity contribution >= 4 is 17.2 Å². The summed E-state index contributed by atoms with van der Waals surface area (Å²) < 4.78 is 4.71. The van der Waals surface area contributed by atoms with Gasteiger partial charge in [0.15, 0.2) is 0 Å². The van der Waals surface area contributed by atoms with Crippen LogP contribution in [0.1, 0.15) is 25.0 Å². The van der Waals surface area contributed by atoms with Crippen LogP contribution in [0.25, 0.3) is 5.57 Å². The van der Waals surface area contributed by atoms with Gasteiger partial charge in [-0.1, -0.05) is 5.57 Å². The van der Waals surface area contributed by atoms with Crippen LogP contribution in [-0.2, 0) is 9.53 Å². The highest BCUT2D eigenvalue weighted by molar-refractivity contribution is 6.17. The van der Waals surface area contributed by atoms with Gasteiger partial charge in [-0.25, -0.2) is 4.79 Å². The third kappa shape index (κ3) is 2.74. The van der Waals surface area contributed by atoms with Gasteiger partial charge in [0, 0.05) is 11.6 Å². The van der Waals surface area contributed by atoms with Crippen molar-refractivity contribution in [2.24, 2.45) is 0 Å². The molecule has 0 N–H and O–H groups in total. The Bertz CT molecular complexity index is 528. The first kappa shape index (κ1) is 13.9. The minimum atomic E-state index is -0.445. The van der Waals surface area contributed by atoms with E-state index in [1.807, 2.05) is 0 Å². The summed E-state index contributed by atoms with van der Waals surface area (Å²) in [6, 6.07) is 4.58. The summed E-state index contributed by atoms with van der Waals surface area (Å²) in [6.07, 6.45) is 0. The van der Waals surface area contributed by atoms with Gasteiger partial charge < -0.3 is 4.74 Å². The van der Waals surface area contributed by atoms with E-state index in [9.17, 15) is 14.9 Å². The molecule has 0 heterocycles. The summed E-state index contributed by atoms with van der Waals surface area (Å²) in [4.78, 5) is 22.0. The van der Waals surface area contributed by atoms with E-state index in [-0.39, 0.29) is 5.69 Å². The molecule has 1 rings (SSSR count). The van der Waals surface area contributed by atoms with Crippen LogP contribution in [0.5, 0.6) is 0 Å². The SMILES string of the molecule is COC(=O)C(=C(C)C)c1ccc([N+](=O)[O-])c(C)c1. The van der Waals surface area contributed by atoms with Gasteiger partial charge in [0.05, 0.1) is 17.6 Å². The molecule has 0 fully saturated rings. The molecule has 1 aromatic carbocycles. The Hall–Kier alpha value is -2.17.